The highest BCUT2D eigenvalue weighted by atomic mass is 32.2. The predicted molar refractivity (Wildman–Crippen MR) is 104 cm³/mol. The SMILES string of the molecule is COc1cc(/C=N\NC(=O)CSCc2ccccc2)cc(OC)c1OC. The van der Waals surface area contributed by atoms with Crippen molar-refractivity contribution >= 4 is 23.9 Å². The number of benzene rings is 2. The molecule has 2 aromatic carbocycles. The Balaban J connectivity index is 1.88. The van der Waals surface area contributed by atoms with Gasteiger partial charge in [0.2, 0.25) is 11.7 Å². The lowest BCUT2D eigenvalue weighted by atomic mass is 10.2. The molecular weight excluding hydrogens is 352 g/mol. The first-order valence-corrected chi connectivity index (χ1v) is 9.07. The van der Waals surface area contributed by atoms with Crippen LogP contribution < -0.4 is 19.6 Å². The lowest BCUT2D eigenvalue weighted by Crippen LogP contribution is -2.19. The second-order valence-corrected chi connectivity index (χ2v) is 6.22. The average Bonchev–Trinajstić information content (AvgIpc) is 2.68. The van der Waals surface area contributed by atoms with Crippen LogP contribution in [0.15, 0.2) is 47.6 Å². The number of thioether (sulfide) groups is 1. The number of nitrogens with one attached hydrogen (secondary N) is 1. The van der Waals surface area contributed by atoms with Gasteiger partial charge < -0.3 is 14.2 Å². The molecule has 0 aromatic heterocycles. The van der Waals surface area contributed by atoms with Crippen LogP contribution in [0.2, 0.25) is 0 Å². The first kappa shape index (κ1) is 19.7. The Morgan fingerprint density at radius 3 is 2.31 bits per heavy atom. The third kappa shape index (κ3) is 5.70. The number of carbonyl (C=O) groups is 1. The van der Waals surface area contributed by atoms with Gasteiger partial charge in [-0.3, -0.25) is 4.79 Å². The summed E-state index contributed by atoms with van der Waals surface area (Å²) in [4.78, 5) is 11.9. The van der Waals surface area contributed by atoms with E-state index in [4.69, 9.17) is 14.2 Å². The summed E-state index contributed by atoms with van der Waals surface area (Å²) < 4.78 is 15.8. The first-order valence-electron chi connectivity index (χ1n) is 7.91. The zero-order valence-electron chi connectivity index (χ0n) is 15.0. The Morgan fingerprint density at radius 1 is 1.08 bits per heavy atom. The number of carbonyl (C=O) groups excluding carboxylic acids is 1. The van der Waals surface area contributed by atoms with Crippen molar-refractivity contribution in [2.75, 3.05) is 27.1 Å². The van der Waals surface area contributed by atoms with Crippen LogP contribution in [0.1, 0.15) is 11.1 Å². The van der Waals surface area contributed by atoms with Crippen molar-refractivity contribution in [2.45, 2.75) is 5.75 Å². The summed E-state index contributed by atoms with van der Waals surface area (Å²) in [5.74, 6) is 2.52. The Labute approximate surface area is 157 Å². The van der Waals surface area contributed by atoms with Crippen LogP contribution in [0.3, 0.4) is 0 Å². The Hall–Kier alpha value is -2.67. The van der Waals surface area contributed by atoms with Gasteiger partial charge in [-0.2, -0.15) is 5.10 Å². The zero-order valence-corrected chi connectivity index (χ0v) is 15.8. The van der Waals surface area contributed by atoms with Crippen molar-refractivity contribution in [3.8, 4) is 17.2 Å². The number of methoxy groups -OCH3 is 3. The van der Waals surface area contributed by atoms with Crippen molar-refractivity contribution in [1.82, 2.24) is 5.43 Å². The molecular formula is C19H22N2O4S. The van der Waals surface area contributed by atoms with Crippen LogP contribution in [0.5, 0.6) is 17.2 Å². The Bertz CT molecular complexity index is 725. The van der Waals surface area contributed by atoms with E-state index in [-0.39, 0.29) is 5.91 Å². The van der Waals surface area contributed by atoms with Crippen LogP contribution in [0.25, 0.3) is 0 Å². The fourth-order valence-corrected chi connectivity index (χ4v) is 3.00. The van der Waals surface area contributed by atoms with Gasteiger partial charge >= 0.3 is 0 Å². The van der Waals surface area contributed by atoms with E-state index >= 15 is 0 Å². The zero-order chi connectivity index (χ0) is 18.8. The molecule has 0 aliphatic rings. The number of nitrogens with zero attached hydrogens (tertiary/aromatic N) is 1. The highest BCUT2D eigenvalue weighted by Crippen LogP contribution is 2.37. The van der Waals surface area contributed by atoms with Crippen LogP contribution in [0.4, 0.5) is 0 Å². The van der Waals surface area contributed by atoms with E-state index in [2.05, 4.69) is 10.5 Å². The van der Waals surface area contributed by atoms with Gasteiger partial charge in [-0.1, -0.05) is 30.3 Å². The molecule has 7 heteroatoms. The molecule has 0 aliphatic carbocycles. The molecule has 0 spiro atoms. The molecule has 2 aromatic rings. The molecule has 0 unspecified atom stereocenters. The number of ether oxygens (including phenoxy) is 3. The van der Waals surface area contributed by atoms with Crippen molar-refractivity contribution in [3.05, 3.63) is 53.6 Å². The summed E-state index contributed by atoms with van der Waals surface area (Å²) in [5, 5.41) is 3.98. The number of rotatable bonds is 9. The second-order valence-electron chi connectivity index (χ2n) is 5.23. The molecule has 0 heterocycles. The van der Waals surface area contributed by atoms with Gasteiger partial charge in [-0.15, -0.1) is 11.8 Å². The molecule has 6 nitrogen and oxygen atoms in total. The fraction of sp³-hybridized carbons (Fsp3) is 0.263. The van der Waals surface area contributed by atoms with E-state index in [1.165, 1.54) is 23.5 Å². The van der Waals surface area contributed by atoms with E-state index in [9.17, 15) is 4.79 Å². The predicted octanol–water partition coefficient (Wildman–Crippen LogP) is 3.10. The van der Waals surface area contributed by atoms with E-state index in [1.807, 2.05) is 30.3 Å². The molecule has 0 atom stereocenters. The minimum Gasteiger partial charge on any atom is -0.493 e. The maximum atomic E-state index is 11.9. The number of hydrogen-bond acceptors (Lipinski definition) is 6. The monoisotopic (exact) mass is 374 g/mol. The van der Waals surface area contributed by atoms with Crippen LogP contribution in [-0.4, -0.2) is 39.2 Å². The molecule has 0 saturated heterocycles. The van der Waals surface area contributed by atoms with Gasteiger partial charge in [0, 0.05) is 11.3 Å². The lowest BCUT2D eigenvalue weighted by molar-refractivity contribution is -0.118. The van der Waals surface area contributed by atoms with Crippen molar-refractivity contribution in [1.29, 1.82) is 0 Å². The first-order chi connectivity index (χ1) is 12.7. The van der Waals surface area contributed by atoms with Gasteiger partial charge in [-0.05, 0) is 17.7 Å². The molecule has 138 valence electrons. The van der Waals surface area contributed by atoms with Crippen molar-refractivity contribution < 1.29 is 19.0 Å². The average molecular weight is 374 g/mol. The topological polar surface area (TPSA) is 69.2 Å². The summed E-state index contributed by atoms with van der Waals surface area (Å²) in [6.45, 7) is 0. The minimum absolute atomic E-state index is 0.158. The van der Waals surface area contributed by atoms with Crippen molar-refractivity contribution in [2.24, 2.45) is 5.10 Å². The third-order valence-corrected chi connectivity index (χ3v) is 4.44. The van der Waals surface area contributed by atoms with Crippen LogP contribution in [0, 0.1) is 0 Å². The summed E-state index contributed by atoms with van der Waals surface area (Å²) in [5.41, 5.74) is 4.42. The van der Waals surface area contributed by atoms with Crippen LogP contribution >= 0.6 is 11.8 Å². The van der Waals surface area contributed by atoms with Crippen LogP contribution in [-0.2, 0) is 10.5 Å². The highest BCUT2D eigenvalue weighted by molar-refractivity contribution is 7.99. The molecule has 0 radical (unpaired) electrons. The normalized spacial score (nSPS) is 10.6. The summed E-state index contributed by atoms with van der Waals surface area (Å²) in [6.07, 6.45) is 1.53. The molecule has 2 rings (SSSR count). The fourth-order valence-electron chi connectivity index (χ4n) is 2.22. The van der Waals surface area contributed by atoms with E-state index in [0.717, 1.165) is 11.3 Å². The second kappa shape index (κ2) is 10.4. The maximum Gasteiger partial charge on any atom is 0.250 e. The van der Waals surface area contributed by atoms with Gasteiger partial charge in [0.15, 0.2) is 11.5 Å². The maximum absolute atomic E-state index is 11.9. The summed E-state index contributed by atoms with van der Waals surface area (Å²) in [7, 11) is 4.63. The molecule has 0 bridgehead atoms. The third-order valence-electron chi connectivity index (χ3n) is 3.43. The van der Waals surface area contributed by atoms with Crippen molar-refractivity contribution in [3.63, 3.8) is 0 Å². The van der Waals surface area contributed by atoms with Gasteiger partial charge in [-0.25, -0.2) is 5.43 Å². The lowest BCUT2D eigenvalue weighted by Gasteiger charge is -2.12. The summed E-state index contributed by atoms with van der Waals surface area (Å²) >= 11 is 1.54. The largest absolute Gasteiger partial charge is 0.493 e. The smallest absolute Gasteiger partial charge is 0.250 e. The van der Waals surface area contributed by atoms with E-state index < -0.39 is 0 Å². The molecule has 1 N–H and O–H groups in total. The summed E-state index contributed by atoms with van der Waals surface area (Å²) in [6, 6.07) is 13.5. The van der Waals surface area contributed by atoms with Gasteiger partial charge in [0.25, 0.3) is 0 Å². The minimum atomic E-state index is -0.158. The molecule has 0 saturated carbocycles. The Morgan fingerprint density at radius 2 is 1.73 bits per heavy atom. The van der Waals surface area contributed by atoms with E-state index in [1.54, 1.807) is 33.5 Å². The quantitative estimate of drug-likeness (QED) is 0.540. The number of amides is 1. The molecule has 1 amide bonds. The molecule has 0 fully saturated rings. The standard InChI is InChI=1S/C19H22N2O4S/c1-23-16-9-15(10-17(24-2)19(16)25-3)11-20-21-18(22)13-26-12-14-7-5-4-6-8-14/h4-11H,12-13H2,1-3H3,(H,21,22)/b20-11-. The van der Waals surface area contributed by atoms with Gasteiger partial charge in [0.1, 0.15) is 0 Å². The van der Waals surface area contributed by atoms with E-state index in [0.29, 0.717) is 23.0 Å². The number of hydrazone groups is 1. The Kier molecular flexibility index (Phi) is 7.82. The molecule has 26 heavy (non-hydrogen) atoms. The number of hydrogen-bond donors (Lipinski definition) is 1. The van der Waals surface area contributed by atoms with Gasteiger partial charge in [0.05, 0.1) is 33.3 Å². The molecule has 0 aliphatic heterocycles. The highest BCUT2D eigenvalue weighted by Gasteiger charge is 2.12.